The molecular formula is C22H34O. The quantitative estimate of drug-likeness (QED) is 0.636. The van der Waals surface area contributed by atoms with Gasteiger partial charge in [0.25, 0.3) is 0 Å². The summed E-state index contributed by atoms with van der Waals surface area (Å²) in [4.78, 5) is 0. The van der Waals surface area contributed by atoms with E-state index < -0.39 is 0 Å². The molecule has 2 atom stereocenters. The molecule has 1 aliphatic heterocycles. The highest BCUT2D eigenvalue weighted by Gasteiger charge is 2.31. The van der Waals surface area contributed by atoms with Crippen molar-refractivity contribution in [1.82, 2.24) is 0 Å². The van der Waals surface area contributed by atoms with Gasteiger partial charge in [0.2, 0.25) is 0 Å². The normalized spacial score (nSPS) is 31.9. The molecule has 1 heteroatoms. The van der Waals surface area contributed by atoms with Gasteiger partial charge in [-0.15, -0.1) is 0 Å². The van der Waals surface area contributed by atoms with E-state index in [2.05, 4.69) is 38.1 Å². The first kappa shape index (κ1) is 17.0. The third-order valence-corrected chi connectivity index (χ3v) is 6.31. The minimum absolute atomic E-state index is 0.560. The third-order valence-electron chi connectivity index (χ3n) is 6.31. The third kappa shape index (κ3) is 4.38. The molecule has 128 valence electrons. The molecule has 2 unspecified atom stereocenters. The first-order valence-electron chi connectivity index (χ1n) is 10.0. The van der Waals surface area contributed by atoms with Gasteiger partial charge in [-0.1, -0.05) is 44.5 Å². The highest BCUT2D eigenvalue weighted by Crippen LogP contribution is 2.41. The van der Waals surface area contributed by atoms with Crippen molar-refractivity contribution in [3.63, 3.8) is 0 Å². The van der Waals surface area contributed by atoms with Crippen LogP contribution in [0.3, 0.4) is 0 Å². The van der Waals surface area contributed by atoms with Crippen molar-refractivity contribution in [2.24, 2.45) is 11.8 Å². The van der Waals surface area contributed by atoms with Crippen LogP contribution >= 0.6 is 0 Å². The van der Waals surface area contributed by atoms with Crippen LogP contribution in [0.15, 0.2) is 24.3 Å². The topological polar surface area (TPSA) is 9.23 Å². The number of hydrogen-bond acceptors (Lipinski definition) is 1. The average molecular weight is 315 g/mol. The van der Waals surface area contributed by atoms with Crippen molar-refractivity contribution < 1.29 is 4.74 Å². The molecule has 1 heterocycles. The van der Waals surface area contributed by atoms with E-state index in [0.29, 0.717) is 6.10 Å². The second-order valence-electron chi connectivity index (χ2n) is 7.79. The van der Waals surface area contributed by atoms with Crippen LogP contribution in [0.4, 0.5) is 0 Å². The van der Waals surface area contributed by atoms with Crippen LogP contribution in [0.25, 0.3) is 0 Å². The van der Waals surface area contributed by atoms with Crippen LogP contribution in [0, 0.1) is 11.8 Å². The molecule has 1 aliphatic carbocycles. The lowest BCUT2D eigenvalue weighted by molar-refractivity contribution is -0.0408. The summed E-state index contributed by atoms with van der Waals surface area (Å²) in [6.45, 7) is 5.53. The molecule has 0 aromatic heterocycles. The highest BCUT2D eigenvalue weighted by atomic mass is 16.5. The van der Waals surface area contributed by atoms with Crippen molar-refractivity contribution in [1.29, 1.82) is 0 Å². The lowest BCUT2D eigenvalue weighted by atomic mass is 9.72. The van der Waals surface area contributed by atoms with Gasteiger partial charge in [0.05, 0.1) is 12.7 Å². The standard InChI is InChI=1S/C22H34O/c1-3-5-22-15-14-21(16-23-22)20-12-10-19(11-13-20)18-8-6-17(4-2)7-9-18/h6-9,19-22H,3-5,10-16H2,1-2H3. The van der Waals surface area contributed by atoms with Gasteiger partial charge in [0, 0.05) is 0 Å². The predicted octanol–water partition coefficient (Wildman–Crippen LogP) is 6.12. The van der Waals surface area contributed by atoms with Crippen LogP contribution in [-0.4, -0.2) is 12.7 Å². The van der Waals surface area contributed by atoms with Gasteiger partial charge >= 0.3 is 0 Å². The van der Waals surface area contributed by atoms with E-state index in [0.717, 1.165) is 30.8 Å². The van der Waals surface area contributed by atoms with Crippen LogP contribution < -0.4 is 0 Å². The van der Waals surface area contributed by atoms with Gasteiger partial charge in [0.1, 0.15) is 0 Å². The summed E-state index contributed by atoms with van der Waals surface area (Å²) in [6.07, 6.45) is 12.5. The summed E-state index contributed by atoms with van der Waals surface area (Å²) in [5.41, 5.74) is 3.03. The largest absolute Gasteiger partial charge is 0.378 e. The van der Waals surface area contributed by atoms with E-state index in [-0.39, 0.29) is 0 Å². The molecule has 1 saturated heterocycles. The molecule has 3 rings (SSSR count). The summed E-state index contributed by atoms with van der Waals surface area (Å²) in [5, 5.41) is 0. The number of hydrogen-bond donors (Lipinski definition) is 0. The number of rotatable bonds is 5. The second kappa shape index (κ2) is 8.33. The van der Waals surface area contributed by atoms with Crippen molar-refractivity contribution in [2.45, 2.75) is 83.7 Å². The lowest BCUT2D eigenvalue weighted by Crippen LogP contribution is -2.32. The molecule has 0 bridgehead atoms. The zero-order valence-corrected chi connectivity index (χ0v) is 15.1. The summed E-state index contributed by atoms with van der Waals surface area (Å²) < 4.78 is 6.12. The van der Waals surface area contributed by atoms with Gasteiger partial charge in [-0.05, 0) is 80.2 Å². The zero-order chi connectivity index (χ0) is 16.1. The molecule has 1 aromatic carbocycles. The molecule has 0 N–H and O–H groups in total. The monoisotopic (exact) mass is 314 g/mol. The van der Waals surface area contributed by atoms with Crippen molar-refractivity contribution in [2.75, 3.05) is 6.61 Å². The maximum atomic E-state index is 6.12. The first-order valence-corrected chi connectivity index (χ1v) is 10.0. The predicted molar refractivity (Wildman–Crippen MR) is 97.9 cm³/mol. The fraction of sp³-hybridized carbons (Fsp3) is 0.727. The maximum Gasteiger partial charge on any atom is 0.0575 e. The van der Waals surface area contributed by atoms with Gasteiger partial charge in [-0.3, -0.25) is 0 Å². The Morgan fingerprint density at radius 3 is 2.13 bits per heavy atom. The smallest absolute Gasteiger partial charge is 0.0575 e. The van der Waals surface area contributed by atoms with Crippen molar-refractivity contribution in [3.8, 4) is 0 Å². The van der Waals surface area contributed by atoms with E-state index in [9.17, 15) is 0 Å². The maximum absolute atomic E-state index is 6.12. The van der Waals surface area contributed by atoms with E-state index in [1.807, 2.05) is 0 Å². The van der Waals surface area contributed by atoms with E-state index in [1.165, 1.54) is 56.9 Å². The molecule has 2 fully saturated rings. The summed E-state index contributed by atoms with van der Waals surface area (Å²) in [6, 6.07) is 9.40. The molecule has 2 aliphatic rings. The van der Waals surface area contributed by atoms with Gasteiger partial charge in [-0.25, -0.2) is 0 Å². The van der Waals surface area contributed by atoms with Crippen LogP contribution in [0.5, 0.6) is 0 Å². The molecule has 1 nitrogen and oxygen atoms in total. The molecule has 1 aromatic rings. The van der Waals surface area contributed by atoms with E-state index in [1.54, 1.807) is 5.56 Å². The average Bonchev–Trinajstić information content (AvgIpc) is 2.63. The summed E-state index contributed by atoms with van der Waals surface area (Å²) in [7, 11) is 0. The first-order chi connectivity index (χ1) is 11.3. The Labute approximate surface area is 142 Å². The molecule has 1 saturated carbocycles. The van der Waals surface area contributed by atoms with Gasteiger partial charge in [0.15, 0.2) is 0 Å². The van der Waals surface area contributed by atoms with E-state index in [4.69, 9.17) is 4.74 Å². The van der Waals surface area contributed by atoms with Crippen LogP contribution in [0.2, 0.25) is 0 Å². The highest BCUT2D eigenvalue weighted by molar-refractivity contribution is 5.25. The SMILES string of the molecule is CCCC1CCC(C2CCC(c3ccc(CC)cc3)CC2)CO1. The van der Waals surface area contributed by atoms with Crippen molar-refractivity contribution >= 4 is 0 Å². The Morgan fingerprint density at radius 1 is 0.870 bits per heavy atom. The van der Waals surface area contributed by atoms with Crippen LogP contribution in [0.1, 0.15) is 82.3 Å². The summed E-state index contributed by atoms with van der Waals surface area (Å²) in [5.74, 6) is 2.56. The summed E-state index contributed by atoms with van der Waals surface area (Å²) >= 11 is 0. The Morgan fingerprint density at radius 2 is 1.57 bits per heavy atom. The minimum Gasteiger partial charge on any atom is -0.378 e. The fourth-order valence-corrected chi connectivity index (χ4v) is 4.70. The lowest BCUT2D eigenvalue weighted by Gasteiger charge is -2.38. The fourth-order valence-electron chi connectivity index (χ4n) is 4.70. The number of aryl methyl sites for hydroxylation is 1. The van der Waals surface area contributed by atoms with Crippen LogP contribution in [-0.2, 0) is 11.2 Å². The number of ether oxygens (including phenoxy) is 1. The Balaban J connectivity index is 1.46. The molecule has 0 amide bonds. The minimum atomic E-state index is 0.560. The molecule has 0 spiro atoms. The van der Waals surface area contributed by atoms with Gasteiger partial charge in [-0.2, -0.15) is 0 Å². The van der Waals surface area contributed by atoms with Gasteiger partial charge < -0.3 is 4.74 Å². The molecule has 0 radical (unpaired) electrons. The Kier molecular flexibility index (Phi) is 6.16. The molecular weight excluding hydrogens is 280 g/mol. The Hall–Kier alpha value is -0.820. The Bertz CT molecular complexity index is 447. The zero-order valence-electron chi connectivity index (χ0n) is 15.1. The number of benzene rings is 1. The van der Waals surface area contributed by atoms with E-state index >= 15 is 0 Å². The second-order valence-corrected chi connectivity index (χ2v) is 7.79. The van der Waals surface area contributed by atoms with Crippen molar-refractivity contribution in [3.05, 3.63) is 35.4 Å². The molecule has 23 heavy (non-hydrogen) atoms.